The molecule has 14 heteroatoms. The molecule has 2 saturated heterocycles. The quantitative estimate of drug-likeness (QED) is 0.218. The molecular weight excluding hydrogens is 753 g/mol. The zero-order valence-corrected chi connectivity index (χ0v) is 33.6. The molecule has 1 saturated carbocycles. The first kappa shape index (κ1) is 39.8. The summed E-state index contributed by atoms with van der Waals surface area (Å²) in [6.07, 6.45) is 3.93. The van der Waals surface area contributed by atoms with Crippen LogP contribution in [0.5, 0.6) is 5.75 Å². The maximum Gasteiger partial charge on any atom is 0.410 e. The summed E-state index contributed by atoms with van der Waals surface area (Å²) in [4.78, 5) is 50.4. The lowest BCUT2D eigenvalue weighted by atomic mass is 9.80. The van der Waals surface area contributed by atoms with Crippen LogP contribution in [-0.4, -0.2) is 83.9 Å². The number of piperidine rings is 1. The number of carbonyl (C=O) groups is 3. The van der Waals surface area contributed by atoms with Crippen molar-refractivity contribution in [3.05, 3.63) is 86.0 Å². The minimum absolute atomic E-state index is 0.0399. The molecule has 3 aromatic rings. The number of ether oxygens (including phenoxy) is 3. The second-order valence-electron chi connectivity index (χ2n) is 15.4. The van der Waals surface area contributed by atoms with E-state index in [1.54, 1.807) is 11.0 Å². The van der Waals surface area contributed by atoms with Gasteiger partial charge >= 0.3 is 12.2 Å². The molecule has 0 radical (unpaired) electrons. The van der Waals surface area contributed by atoms with Gasteiger partial charge in [0.25, 0.3) is 0 Å². The molecule has 0 bridgehead atoms. The summed E-state index contributed by atoms with van der Waals surface area (Å²) >= 11 is 19.6. The molecule has 3 fully saturated rings. The first-order chi connectivity index (χ1) is 25.7. The number of hydrogen-bond acceptors (Lipinski definition) is 8. The molecule has 1 N–H and O–H groups in total. The normalized spacial score (nSPS) is 20.0. The van der Waals surface area contributed by atoms with Crippen LogP contribution in [0.3, 0.4) is 0 Å². The fraction of sp³-hybridized carbons (Fsp3) is 0.500. The van der Waals surface area contributed by atoms with E-state index in [-0.39, 0.29) is 37.1 Å². The third-order valence-corrected chi connectivity index (χ3v) is 11.0. The largest absolute Gasteiger partial charge is 0.485 e. The summed E-state index contributed by atoms with van der Waals surface area (Å²) in [5.41, 5.74) is 2.85. The number of alkyl carbamates (subject to hydrolysis) is 1. The van der Waals surface area contributed by atoms with Gasteiger partial charge in [0.05, 0.1) is 29.6 Å². The molecule has 2 aliphatic heterocycles. The van der Waals surface area contributed by atoms with E-state index in [0.717, 1.165) is 53.9 Å². The smallest absolute Gasteiger partial charge is 0.410 e. The van der Waals surface area contributed by atoms with Gasteiger partial charge in [0.2, 0.25) is 5.91 Å². The van der Waals surface area contributed by atoms with Gasteiger partial charge in [0.15, 0.2) is 5.75 Å². The zero-order valence-electron chi connectivity index (χ0n) is 31.4. The number of likely N-dealkylation sites (tertiary alicyclic amines) is 1. The third-order valence-electron chi connectivity index (χ3n) is 10.0. The molecule has 2 aromatic carbocycles. The fourth-order valence-electron chi connectivity index (χ4n) is 7.17. The van der Waals surface area contributed by atoms with Crippen molar-refractivity contribution in [1.82, 2.24) is 20.1 Å². The van der Waals surface area contributed by atoms with Crippen molar-refractivity contribution < 1.29 is 28.6 Å². The molecule has 0 spiro atoms. The topological polar surface area (TPSA) is 114 Å². The van der Waals surface area contributed by atoms with Crippen LogP contribution in [0.1, 0.15) is 74.6 Å². The molecule has 1 aliphatic carbocycles. The highest BCUT2D eigenvalue weighted by Gasteiger charge is 2.43. The maximum absolute atomic E-state index is 14.8. The molecular formula is C40H48Cl3N5O6. The highest BCUT2D eigenvalue weighted by molar-refractivity contribution is 6.37. The van der Waals surface area contributed by atoms with Crippen molar-refractivity contribution in [3.63, 3.8) is 0 Å². The Morgan fingerprint density at radius 1 is 0.944 bits per heavy atom. The Bertz CT molecular complexity index is 1830. The summed E-state index contributed by atoms with van der Waals surface area (Å²) in [5.74, 6) is 0.567. The Hall–Kier alpha value is -3.93. The van der Waals surface area contributed by atoms with Crippen molar-refractivity contribution in [3.8, 4) is 5.75 Å². The van der Waals surface area contributed by atoms with Crippen molar-refractivity contribution >= 4 is 58.7 Å². The second-order valence-corrected chi connectivity index (χ2v) is 16.6. The van der Waals surface area contributed by atoms with Crippen LogP contribution in [0.25, 0.3) is 0 Å². The molecule has 54 heavy (non-hydrogen) atoms. The maximum atomic E-state index is 14.8. The van der Waals surface area contributed by atoms with Crippen LogP contribution in [0, 0.1) is 12.8 Å². The molecule has 11 nitrogen and oxygen atoms in total. The van der Waals surface area contributed by atoms with Crippen LogP contribution in [0.15, 0.2) is 48.7 Å². The van der Waals surface area contributed by atoms with E-state index < -0.39 is 23.7 Å². The van der Waals surface area contributed by atoms with Crippen molar-refractivity contribution in [2.24, 2.45) is 5.92 Å². The van der Waals surface area contributed by atoms with E-state index in [0.29, 0.717) is 46.9 Å². The van der Waals surface area contributed by atoms with Crippen LogP contribution < -0.4 is 15.0 Å². The Labute approximate surface area is 332 Å². The van der Waals surface area contributed by atoms with Crippen molar-refractivity contribution in [2.75, 3.05) is 38.2 Å². The number of aryl methyl sites for hydroxylation is 1. The Kier molecular flexibility index (Phi) is 12.4. The molecule has 0 unspecified atom stereocenters. The highest BCUT2D eigenvalue weighted by atomic mass is 35.5. The predicted molar refractivity (Wildman–Crippen MR) is 210 cm³/mol. The predicted octanol–water partition coefficient (Wildman–Crippen LogP) is 8.40. The molecule has 290 valence electrons. The van der Waals surface area contributed by atoms with Gasteiger partial charge in [-0.05, 0) is 93.5 Å². The first-order valence-corrected chi connectivity index (χ1v) is 19.5. The molecule has 3 aliphatic rings. The SMILES string of the molecule is COC(=O)NCc1ccc(Cl)c(CN(C(=O)[C@@H]2CN(C(=O)OC(C)(C)C)CC[C@H]2c2ccc(N3CC[C@@H](Oc4c(Cl)cc(C)cc4Cl)C3)nc2)C2CC2)c1. The minimum atomic E-state index is -0.671. The van der Waals surface area contributed by atoms with Gasteiger partial charge in [-0.25, -0.2) is 14.6 Å². The fourth-order valence-corrected chi connectivity index (χ4v) is 8.03. The summed E-state index contributed by atoms with van der Waals surface area (Å²) in [6, 6.07) is 13.3. The van der Waals surface area contributed by atoms with Gasteiger partial charge in [-0.2, -0.15) is 0 Å². The Morgan fingerprint density at radius 3 is 2.33 bits per heavy atom. The van der Waals surface area contributed by atoms with Gasteiger partial charge in [-0.1, -0.05) is 53.0 Å². The van der Waals surface area contributed by atoms with Crippen molar-refractivity contribution in [1.29, 1.82) is 0 Å². The summed E-state index contributed by atoms with van der Waals surface area (Å²) < 4.78 is 16.7. The van der Waals surface area contributed by atoms with Crippen LogP contribution in [-0.2, 0) is 27.4 Å². The molecule has 6 rings (SSSR count). The average molecular weight is 801 g/mol. The Morgan fingerprint density at radius 2 is 1.69 bits per heavy atom. The number of amides is 3. The van der Waals surface area contributed by atoms with E-state index in [2.05, 4.69) is 16.3 Å². The highest BCUT2D eigenvalue weighted by Crippen LogP contribution is 2.40. The lowest BCUT2D eigenvalue weighted by molar-refractivity contribution is -0.139. The number of rotatable bonds is 10. The lowest BCUT2D eigenvalue weighted by Gasteiger charge is -2.40. The number of aromatic nitrogens is 1. The molecule has 3 heterocycles. The average Bonchev–Trinajstić information content (AvgIpc) is 3.87. The van der Waals surface area contributed by atoms with Gasteiger partial charge < -0.3 is 34.2 Å². The van der Waals surface area contributed by atoms with Crippen molar-refractivity contribution in [2.45, 2.75) is 90.1 Å². The number of carbonyl (C=O) groups excluding carboxylic acids is 3. The molecule has 3 atom stereocenters. The van der Waals surface area contributed by atoms with Gasteiger partial charge in [0.1, 0.15) is 17.5 Å². The van der Waals surface area contributed by atoms with E-state index in [9.17, 15) is 14.4 Å². The van der Waals surface area contributed by atoms with E-state index >= 15 is 0 Å². The number of hydrogen-bond donors (Lipinski definition) is 1. The zero-order chi connectivity index (χ0) is 38.7. The lowest BCUT2D eigenvalue weighted by Crippen LogP contribution is -2.51. The van der Waals surface area contributed by atoms with Gasteiger partial charge in [-0.15, -0.1) is 0 Å². The number of nitrogens with one attached hydrogen (secondary N) is 1. The first-order valence-electron chi connectivity index (χ1n) is 18.4. The van der Waals surface area contributed by atoms with Crippen LogP contribution in [0.2, 0.25) is 15.1 Å². The van der Waals surface area contributed by atoms with E-state index in [4.69, 9.17) is 54.0 Å². The van der Waals surface area contributed by atoms with Crippen LogP contribution >= 0.6 is 34.8 Å². The Balaban J connectivity index is 1.20. The molecule has 3 amide bonds. The standard InChI is InChI=1S/C40H48Cl3N5O6/c1-24-16-33(42)36(34(43)17-24)53-29-12-14-46(22-29)35-11-7-26(20-44-35)30-13-15-47(39(51)54-40(2,3)4)23-31(30)37(49)48(28-8-9-28)21-27-18-25(6-10-32(27)41)19-45-38(50)52-5/h6-7,10-11,16-18,20,28-31H,8-9,12-15,19,21-23H2,1-5H3,(H,45,50)/t29-,30+,31-/m1/s1. The number of halogens is 3. The summed E-state index contributed by atoms with van der Waals surface area (Å²) in [5, 5.41) is 4.21. The second kappa shape index (κ2) is 16.8. The van der Waals surface area contributed by atoms with Gasteiger partial charge in [-0.3, -0.25) is 4.79 Å². The number of methoxy groups -OCH3 is 1. The van der Waals surface area contributed by atoms with Gasteiger partial charge in [0, 0.05) is 62.3 Å². The number of pyridine rings is 1. The number of nitrogens with zero attached hydrogens (tertiary/aromatic N) is 4. The summed E-state index contributed by atoms with van der Waals surface area (Å²) in [6.45, 7) is 10.1. The summed E-state index contributed by atoms with van der Waals surface area (Å²) in [7, 11) is 1.31. The monoisotopic (exact) mass is 799 g/mol. The molecule has 1 aromatic heterocycles. The number of benzene rings is 2. The van der Waals surface area contributed by atoms with E-state index in [1.807, 2.05) is 69.1 Å². The van der Waals surface area contributed by atoms with E-state index in [1.165, 1.54) is 7.11 Å². The third kappa shape index (κ3) is 9.83. The number of anilines is 1. The minimum Gasteiger partial charge on any atom is -0.485 e. The van der Waals surface area contributed by atoms with Crippen LogP contribution in [0.4, 0.5) is 15.4 Å².